The summed E-state index contributed by atoms with van der Waals surface area (Å²) in [5.74, 6) is 0.133. The van der Waals surface area contributed by atoms with Gasteiger partial charge in [0.2, 0.25) is 5.82 Å². The molecule has 0 saturated heterocycles. The van der Waals surface area contributed by atoms with E-state index in [1.54, 1.807) is 0 Å². The van der Waals surface area contributed by atoms with Crippen LogP contribution in [0.4, 0.5) is 0 Å². The molecule has 2 aromatic carbocycles. The van der Waals surface area contributed by atoms with E-state index in [1.807, 2.05) is 60.8 Å². The lowest BCUT2D eigenvalue weighted by Crippen LogP contribution is -2.27. The van der Waals surface area contributed by atoms with Gasteiger partial charge in [0.25, 0.3) is 17.5 Å². The van der Waals surface area contributed by atoms with Crippen molar-refractivity contribution in [2.45, 2.75) is 19.9 Å². The zero-order valence-electron chi connectivity index (χ0n) is 20.1. The van der Waals surface area contributed by atoms with E-state index >= 15 is 0 Å². The van der Waals surface area contributed by atoms with Gasteiger partial charge in [0.05, 0.1) is 18.6 Å². The third-order valence-electron chi connectivity index (χ3n) is 5.34. The SMILES string of the molecule is Cc1cccc(-c2csc3nc(C(=O)NCc4cccc(OCCCOC(N)=NC=N)c4)[nH]c(=O)c23)c1. The number of carbonyl (C=O) groups is 1. The average Bonchev–Trinajstić information content (AvgIpc) is 3.32. The lowest BCUT2D eigenvalue weighted by Gasteiger charge is -2.09. The van der Waals surface area contributed by atoms with Gasteiger partial charge in [0.1, 0.15) is 16.9 Å². The molecule has 37 heavy (non-hydrogen) atoms. The zero-order chi connectivity index (χ0) is 26.2. The molecule has 4 rings (SSSR count). The van der Waals surface area contributed by atoms with E-state index < -0.39 is 5.91 Å². The van der Waals surface area contributed by atoms with E-state index in [1.165, 1.54) is 11.3 Å². The number of nitrogens with zero attached hydrogens (tertiary/aromatic N) is 2. The Balaban J connectivity index is 1.36. The van der Waals surface area contributed by atoms with Gasteiger partial charge >= 0.3 is 0 Å². The second-order valence-corrected chi connectivity index (χ2v) is 8.95. The summed E-state index contributed by atoms with van der Waals surface area (Å²) in [6.07, 6.45) is 1.39. The molecule has 0 aliphatic carbocycles. The van der Waals surface area contributed by atoms with Gasteiger partial charge in [-0.2, -0.15) is 4.99 Å². The first-order valence-corrected chi connectivity index (χ1v) is 12.4. The minimum atomic E-state index is -0.475. The van der Waals surface area contributed by atoms with Crippen LogP contribution in [-0.4, -0.2) is 41.4 Å². The Kier molecular flexibility index (Phi) is 8.26. The smallest absolute Gasteiger partial charge is 0.288 e. The molecule has 2 heterocycles. The molecule has 2 aromatic heterocycles. The summed E-state index contributed by atoms with van der Waals surface area (Å²) in [7, 11) is 0. The summed E-state index contributed by atoms with van der Waals surface area (Å²) in [6, 6.07) is 15.2. The molecule has 0 saturated carbocycles. The maximum atomic E-state index is 12.9. The number of fused-ring (bicyclic) bond motifs is 1. The van der Waals surface area contributed by atoms with Gasteiger partial charge in [0.15, 0.2) is 0 Å². The number of aromatic nitrogens is 2. The molecule has 10 nitrogen and oxygen atoms in total. The number of nitrogens with one attached hydrogen (secondary N) is 3. The normalized spacial score (nSPS) is 11.3. The number of aliphatic imine (C=N–C) groups is 1. The largest absolute Gasteiger partial charge is 0.493 e. The van der Waals surface area contributed by atoms with Crippen LogP contribution in [0.25, 0.3) is 21.3 Å². The number of ether oxygens (including phenoxy) is 2. The molecule has 0 atom stereocenters. The second-order valence-electron chi connectivity index (χ2n) is 8.09. The van der Waals surface area contributed by atoms with Gasteiger partial charge in [-0.05, 0) is 30.2 Å². The number of hydrogen-bond donors (Lipinski definition) is 4. The van der Waals surface area contributed by atoms with Gasteiger partial charge in [-0.15, -0.1) is 11.3 Å². The van der Waals surface area contributed by atoms with Gasteiger partial charge in [-0.3, -0.25) is 15.0 Å². The first-order chi connectivity index (χ1) is 17.9. The van der Waals surface area contributed by atoms with Crippen LogP contribution < -0.4 is 21.3 Å². The number of amidine groups is 1. The molecule has 0 aliphatic rings. The van der Waals surface area contributed by atoms with Crippen LogP contribution in [0.15, 0.2) is 63.7 Å². The van der Waals surface area contributed by atoms with Gasteiger partial charge < -0.3 is 25.5 Å². The molecule has 5 N–H and O–H groups in total. The van der Waals surface area contributed by atoms with Crippen molar-refractivity contribution in [3.05, 3.63) is 81.2 Å². The van der Waals surface area contributed by atoms with Crippen molar-refractivity contribution in [3.63, 3.8) is 0 Å². The van der Waals surface area contributed by atoms with Crippen LogP contribution >= 0.6 is 11.3 Å². The fraction of sp³-hybridized carbons (Fsp3) is 0.192. The highest BCUT2D eigenvalue weighted by molar-refractivity contribution is 7.17. The molecule has 11 heteroatoms. The van der Waals surface area contributed by atoms with Crippen LogP contribution in [-0.2, 0) is 11.3 Å². The quantitative estimate of drug-likeness (QED) is 0.143. The Morgan fingerprint density at radius 2 is 2.08 bits per heavy atom. The highest BCUT2D eigenvalue weighted by Gasteiger charge is 2.16. The van der Waals surface area contributed by atoms with Crippen molar-refractivity contribution in [1.82, 2.24) is 15.3 Å². The molecular formula is C26H26N6O4S. The lowest BCUT2D eigenvalue weighted by molar-refractivity contribution is 0.0940. The van der Waals surface area contributed by atoms with E-state index in [2.05, 4.69) is 20.3 Å². The van der Waals surface area contributed by atoms with E-state index in [-0.39, 0.29) is 24.0 Å². The molecular weight excluding hydrogens is 492 g/mol. The summed E-state index contributed by atoms with van der Waals surface area (Å²) in [4.78, 5) is 36.6. The molecule has 0 fully saturated rings. The number of benzene rings is 2. The van der Waals surface area contributed by atoms with E-state index in [0.29, 0.717) is 35.6 Å². The number of hydrogen-bond acceptors (Lipinski definition) is 7. The lowest BCUT2D eigenvalue weighted by atomic mass is 10.0. The summed E-state index contributed by atoms with van der Waals surface area (Å²) < 4.78 is 10.8. The highest BCUT2D eigenvalue weighted by atomic mass is 32.1. The monoisotopic (exact) mass is 518 g/mol. The third-order valence-corrected chi connectivity index (χ3v) is 6.21. The number of rotatable bonds is 10. The van der Waals surface area contributed by atoms with Gasteiger partial charge in [-0.1, -0.05) is 42.0 Å². The Bertz CT molecular complexity index is 1510. The topological polar surface area (TPSA) is 156 Å². The standard InChI is InChI=1S/C26H26N6O4S/c1-16-5-2-7-18(11-16)20-14-37-25-21(20)23(33)31-22(32-25)24(34)29-13-17-6-3-8-19(12-17)35-9-4-10-36-26(28)30-15-27/h2-3,5-8,11-12,14-15H,4,9-10,13H2,1H3,(H,29,34)(H3,27,28,30)(H,31,32,33). The predicted octanol–water partition coefficient (Wildman–Crippen LogP) is 3.60. The summed E-state index contributed by atoms with van der Waals surface area (Å²) in [5, 5.41) is 12.0. The van der Waals surface area contributed by atoms with Crippen molar-refractivity contribution in [1.29, 1.82) is 5.41 Å². The molecule has 190 valence electrons. The van der Waals surface area contributed by atoms with Crippen LogP contribution in [0, 0.1) is 12.3 Å². The van der Waals surface area contributed by atoms with Crippen LogP contribution in [0.3, 0.4) is 0 Å². The molecule has 1 amide bonds. The minimum absolute atomic E-state index is 0.0339. The fourth-order valence-electron chi connectivity index (χ4n) is 3.62. The first-order valence-electron chi connectivity index (χ1n) is 11.5. The number of carbonyl (C=O) groups excluding carboxylic acids is 1. The number of amides is 1. The molecule has 0 unspecified atom stereocenters. The van der Waals surface area contributed by atoms with Crippen molar-refractivity contribution in [2.75, 3.05) is 13.2 Å². The zero-order valence-corrected chi connectivity index (χ0v) is 20.9. The second kappa shape index (κ2) is 12.0. The Hall–Kier alpha value is -4.51. The van der Waals surface area contributed by atoms with Crippen molar-refractivity contribution in [2.24, 2.45) is 10.7 Å². The number of nitrogens with two attached hydrogens (primary N) is 1. The summed E-state index contributed by atoms with van der Waals surface area (Å²) in [5.41, 5.74) is 8.75. The van der Waals surface area contributed by atoms with E-state index in [4.69, 9.17) is 20.6 Å². The maximum absolute atomic E-state index is 12.9. The molecule has 0 radical (unpaired) electrons. The van der Waals surface area contributed by atoms with Crippen LogP contribution in [0.1, 0.15) is 28.2 Å². The minimum Gasteiger partial charge on any atom is -0.493 e. The third kappa shape index (κ3) is 6.58. The Morgan fingerprint density at radius 1 is 1.24 bits per heavy atom. The van der Waals surface area contributed by atoms with Crippen LogP contribution in [0.2, 0.25) is 0 Å². The van der Waals surface area contributed by atoms with E-state index in [0.717, 1.165) is 28.6 Å². The molecule has 4 aromatic rings. The maximum Gasteiger partial charge on any atom is 0.288 e. The number of H-pyrrole nitrogens is 1. The van der Waals surface area contributed by atoms with E-state index in [9.17, 15) is 9.59 Å². The summed E-state index contributed by atoms with van der Waals surface area (Å²) >= 11 is 1.33. The Labute approximate surface area is 216 Å². The summed E-state index contributed by atoms with van der Waals surface area (Å²) in [6.45, 7) is 2.93. The van der Waals surface area contributed by atoms with Gasteiger partial charge in [-0.25, -0.2) is 4.98 Å². The molecule has 0 spiro atoms. The predicted molar refractivity (Wildman–Crippen MR) is 144 cm³/mol. The number of aryl methyl sites for hydroxylation is 1. The first kappa shape index (κ1) is 25.6. The van der Waals surface area contributed by atoms with Crippen molar-refractivity contribution in [3.8, 4) is 16.9 Å². The Morgan fingerprint density at radius 3 is 2.89 bits per heavy atom. The highest BCUT2D eigenvalue weighted by Crippen LogP contribution is 2.31. The molecule has 0 bridgehead atoms. The van der Waals surface area contributed by atoms with Crippen molar-refractivity contribution >= 4 is 39.8 Å². The van der Waals surface area contributed by atoms with Gasteiger partial charge in [0, 0.05) is 23.9 Å². The van der Waals surface area contributed by atoms with Crippen molar-refractivity contribution < 1.29 is 14.3 Å². The number of aromatic amines is 1. The average molecular weight is 519 g/mol. The number of thiophene rings is 1. The fourth-order valence-corrected chi connectivity index (χ4v) is 4.57. The molecule has 0 aliphatic heterocycles. The van der Waals surface area contributed by atoms with Crippen LogP contribution in [0.5, 0.6) is 5.75 Å².